The number of nitrogens with one attached hydrogen (secondary N) is 2. The number of fused-ring (bicyclic) bond motifs is 1. The van der Waals surface area contributed by atoms with Crippen LogP contribution in [0.3, 0.4) is 0 Å². The molecule has 0 atom stereocenters. The van der Waals surface area contributed by atoms with E-state index in [-0.39, 0.29) is 5.56 Å². The summed E-state index contributed by atoms with van der Waals surface area (Å²) >= 11 is 3.01. The van der Waals surface area contributed by atoms with E-state index in [1.165, 1.54) is 17.3 Å². The SMILES string of the molecule is CCc1nc(SCc2nc3sc(C)c(-c4ccc(C)cc4)c3c(=O)[nH]2)n[nH]1. The topological polar surface area (TPSA) is 87.3 Å². The van der Waals surface area contributed by atoms with Crippen LogP contribution in [-0.2, 0) is 12.2 Å². The Balaban J connectivity index is 1.68. The highest BCUT2D eigenvalue weighted by Gasteiger charge is 2.17. The lowest BCUT2D eigenvalue weighted by Gasteiger charge is -2.03. The number of benzene rings is 1. The van der Waals surface area contributed by atoms with Gasteiger partial charge in [0.05, 0.1) is 11.1 Å². The molecule has 0 saturated heterocycles. The van der Waals surface area contributed by atoms with Crippen LogP contribution < -0.4 is 5.56 Å². The van der Waals surface area contributed by atoms with E-state index in [2.05, 4.69) is 56.3 Å². The van der Waals surface area contributed by atoms with Crippen LogP contribution in [-0.4, -0.2) is 25.1 Å². The molecule has 4 rings (SSSR count). The summed E-state index contributed by atoms with van der Waals surface area (Å²) in [6.07, 6.45) is 0.810. The molecule has 0 spiro atoms. The lowest BCUT2D eigenvalue weighted by Crippen LogP contribution is -2.10. The monoisotopic (exact) mass is 397 g/mol. The van der Waals surface area contributed by atoms with Crippen molar-refractivity contribution in [3.05, 3.63) is 56.7 Å². The summed E-state index contributed by atoms with van der Waals surface area (Å²) in [5.74, 6) is 2.01. The van der Waals surface area contributed by atoms with Gasteiger partial charge in [-0.15, -0.1) is 16.4 Å². The average Bonchev–Trinajstić information content (AvgIpc) is 3.24. The van der Waals surface area contributed by atoms with Crippen LogP contribution in [0.15, 0.2) is 34.2 Å². The van der Waals surface area contributed by atoms with Crippen LogP contribution in [0.1, 0.15) is 29.0 Å². The fourth-order valence-electron chi connectivity index (χ4n) is 2.93. The Labute approximate surface area is 164 Å². The molecule has 27 heavy (non-hydrogen) atoms. The molecule has 0 aliphatic carbocycles. The molecule has 0 radical (unpaired) electrons. The number of aromatic amines is 2. The Bertz CT molecular complexity index is 1160. The van der Waals surface area contributed by atoms with E-state index in [0.717, 1.165) is 33.1 Å². The summed E-state index contributed by atoms with van der Waals surface area (Å²) < 4.78 is 0. The van der Waals surface area contributed by atoms with Crippen molar-refractivity contribution in [2.45, 2.75) is 38.1 Å². The normalized spacial score (nSPS) is 11.4. The van der Waals surface area contributed by atoms with E-state index in [4.69, 9.17) is 0 Å². The van der Waals surface area contributed by atoms with E-state index < -0.39 is 0 Å². The van der Waals surface area contributed by atoms with Gasteiger partial charge in [0.2, 0.25) is 5.16 Å². The molecule has 0 fully saturated rings. The van der Waals surface area contributed by atoms with Crippen molar-refractivity contribution in [1.29, 1.82) is 0 Å². The number of H-pyrrole nitrogens is 2. The number of thioether (sulfide) groups is 1. The molecular formula is C19H19N5OS2. The molecular weight excluding hydrogens is 378 g/mol. The van der Waals surface area contributed by atoms with Crippen molar-refractivity contribution in [2.24, 2.45) is 0 Å². The maximum atomic E-state index is 12.8. The Morgan fingerprint density at radius 2 is 1.89 bits per heavy atom. The number of hydrogen-bond acceptors (Lipinski definition) is 6. The molecule has 1 aromatic carbocycles. The van der Waals surface area contributed by atoms with Crippen molar-refractivity contribution < 1.29 is 0 Å². The predicted octanol–water partition coefficient (Wildman–Crippen LogP) is 4.24. The van der Waals surface area contributed by atoms with Gasteiger partial charge >= 0.3 is 0 Å². The summed E-state index contributed by atoms with van der Waals surface area (Å²) in [5, 5.41) is 8.39. The van der Waals surface area contributed by atoms with Crippen molar-refractivity contribution in [3.8, 4) is 11.1 Å². The number of aryl methyl sites for hydroxylation is 3. The zero-order chi connectivity index (χ0) is 19.0. The maximum Gasteiger partial charge on any atom is 0.260 e. The van der Waals surface area contributed by atoms with E-state index in [0.29, 0.717) is 22.1 Å². The first-order valence-electron chi connectivity index (χ1n) is 8.68. The molecule has 0 saturated carbocycles. The predicted molar refractivity (Wildman–Crippen MR) is 110 cm³/mol. The first kappa shape index (κ1) is 17.9. The first-order chi connectivity index (χ1) is 13.0. The molecule has 3 heterocycles. The van der Waals surface area contributed by atoms with Crippen molar-refractivity contribution in [1.82, 2.24) is 25.1 Å². The molecule has 0 amide bonds. The minimum absolute atomic E-state index is 0.0974. The summed E-state index contributed by atoms with van der Waals surface area (Å²) in [5.41, 5.74) is 3.12. The third kappa shape index (κ3) is 3.54. The number of rotatable bonds is 5. The molecule has 2 N–H and O–H groups in total. The van der Waals surface area contributed by atoms with Crippen LogP contribution in [0, 0.1) is 13.8 Å². The minimum Gasteiger partial charge on any atom is -0.309 e. The van der Waals surface area contributed by atoms with Gasteiger partial charge in [-0.25, -0.2) is 9.97 Å². The molecule has 3 aromatic heterocycles. The molecule has 0 aliphatic rings. The van der Waals surface area contributed by atoms with Gasteiger partial charge in [-0.05, 0) is 19.4 Å². The van der Waals surface area contributed by atoms with E-state index in [1.54, 1.807) is 11.3 Å². The molecule has 4 aromatic rings. The number of hydrogen-bond donors (Lipinski definition) is 2. The smallest absolute Gasteiger partial charge is 0.260 e. The van der Waals surface area contributed by atoms with Gasteiger partial charge in [0, 0.05) is 16.9 Å². The Hall–Kier alpha value is -2.45. The third-order valence-corrected chi connectivity index (χ3v) is 6.17. The van der Waals surface area contributed by atoms with Gasteiger partial charge in [-0.2, -0.15) is 0 Å². The second kappa shape index (κ2) is 7.28. The quantitative estimate of drug-likeness (QED) is 0.492. The molecule has 6 nitrogen and oxygen atoms in total. The van der Waals surface area contributed by atoms with Gasteiger partial charge in [0.1, 0.15) is 16.5 Å². The van der Waals surface area contributed by atoms with E-state index in [9.17, 15) is 4.79 Å². The average molecular weight is 398 g/mol. The first-order valence-corrected chi connectivity index (χ1v) is 10.5. The largest absolute Gasteiger partial charge is 0.309 e. The number of nitrogens with zero attached hydrogens (tertiary/aromatic N) is 3. The second-order valence-corrected chi connectivity index (χ2v) is 8.44. The standard InChI is InChI=1S/C19H19N5OS2/c1-4-13-22-19(24-23-13)26-9-14-20-17(25)16-15(11(3)27-18(16)21-14)12-7-5-10(2)6-8-12/h5-8H,4,9H2,1-3H3,(H,20,21,25)(H,22,23,24). The Morgan fingerprint density at radius 3 is 2.59 bits per heavy atom. The second-order valence-electron chi connectivity index (χ2n) is 6.30. The Morgan fingerprint density at radius 1 is 1.11 bits per heavy atom. The summed E-state index contributed by atoms with van der Waals surface area (Å²) in [6.45, 7) is 6.11. The number of aromatic nitrogens is 5. The van der Waals surface area contributed by atoms with Gasteiger partial charge in [0.15, 0.2) is 0 Å². The van der Waals surface area contributed by atoms with Gasteiger partial charge in [-0.1, -0.05) is 48.5 Å². The van der Waals surface area contributed by atoms with Gasteiger partial charge in [-0.3, -0.25) is 9.89 Å². The number of thiophene rings is 1. The van der Waals surface area contributed by atoms with Crippen molar-refractivity contribution in [3.63, 3.8) is 0 Å². The van der Waals surface area contributed by atoms with Crippen LogP contribution in [0.4, 0.5) is 0 Å². The zero-order valence-corrected chi connectivity index (χ0v) is 16.9. The molecule has 138 valence electrons. The maximum absolute atomic E-state index is 12.8. The highest BCUT2D eigenvalue weighted by atomic mass is 32.2. The van der Waals surface area contributed by atoms with Gasteiger partial charge < -0.3 is 4.98 Å². The fourth-order valence-corrected chi connectivity index (χ4v) is 4.69. The van der Waals surface area contributed by atoms with Gasteiger partial charge in [0.25, 0.3) is 5.56 Å². The fraction of sp³-hybridized carbons (Fsp3) is 0.263. The summed E-state index contributed by atoms with van der Waals surface area (Å²) in [4.78, 5) is 26.6. The highest BCUT2D eigenvalue weighted by molar-refractivity contribution is 7.98. The minimum atomic E-state index is -0.0974. The van der Waals surface area contributed by atoms with Crippen LogP contribution in [0.5, 0.6) is 0 Å². The van der Waals surface area contributed by atoms with E-state index >= 15 is 0 Å². The lowest BCUT2D eigenvalue weighted by atomic mass is 10.0. The van der Waals surface area contributed by atoms with Crippen LogP contribution in [0.25, 0.3) is 21.3 Å². The molecule has 0 bridgehead atoms. The molecule has 0 aliphatic heterocycles. The summed E-state index contributed by atoms with van der Waals surface area (Å²) in [6, 6.07) is 8.24. The molecule has 8 heteroatoms. The third-order valence-electron chi connectivity index (χ3n) is 4.31. The van der Waals surface area contributed by atoms with Crippen LogP contribution in [0.2, 0.25) is 0 Å². The van der Waals surface area contributed by atoms with Crippen LogP contribution >= 0.6 is 23.1 Å². The van der Waals surface area contributed by atoms with Crippen molar-refractivity contribution in [2.75, 3.05) is 0 Å². The van der Waals surface area contributed by atoms with Crippen molar-refractivity contribution >= 4 is 33.3 Å². The lowest BCUT2D eigenvalue weighted by molar-refractivity contribution is 0.940. The zero-order valence-electron chi connectivity index (χ0n) is 15.3. The summed E-state index contributed by atoms with van der Waals surface area (Å²) in [7, 11) is 0. The van der Waals surface area contributed by atoms with E-state index in [1.807, 2.05) is 13.8 Å². The Kier molecular flexibility index (Phi) is 4.84. The molecule has 0 unspecified atom stereocenters. The highest BCUT2D eigenvalue weighted by Crippen LogP contribution is 2.35.